The number of hydrogen-bond acceptors (Lipinski definition) is 6. The first-order valence-corrected chi connectivity index (χ1v) is 10.3. The maximum Gasteiger partial charge on any atom is 0.255 e. The average Bonchev–Trinajstić information content (AvgIpc) is 2.75. The number of benzene rings is 2. The predicted octanol–water partition coefficient (Wildman–Crippen LogP) is 5.68. The molecule has 154 valence electrons. The Hall–Kier alpha value is -3.78. The first-order chi connectivity index (χ1) is 15.0. The third kappa shape index (κ3) is 5.64. The van der Waals surface area contributed by atoms with Crippen molar-refractivity contribution in [3.05, 3.63) is 94.9 Å². The third-order valence-electron chi connectivity index (χ3n) is 4.34. The number of hydrogen-bond donors (Lipinski definition) is 3. The van der Waals surface area contributed by atoms with E-state index in [-0.39, 0.29) is 5.91 Å². The summed E-state index contributed by atoms with van der Waals surface area (Å²) >= 11 is 3.38. The van der Waals surface area contributed by atoms with E-state index in [4.69, 9.17) is 0 Å². The first kappa shape index (κ1) is 20.5. The van der Waals surface area contributed by atoms with Crippen molar-refractivity contribution in [2.24, 2.45) is 0 Å². The zero-order chi connectivity index (χ0) is 21.6. The zero-order valence-corrected chi connectivity index (χ0v) is 18.2. The van der Waals surface area contributed by atoms with Gasteiger partial charge in [-0.05, 0) is 67.1 Å². The summed E-state index contributed by atoms with van der Waals surface area (Å²) in [6.45, 7) is 2.00. The summed E-state index contributed by atoms with van der Waals surface area (Å²) in [5.41, 5.74) is 3.22. The van der Waals surface area contributed by atoms with Crippen LogP contribution in [-0.2, 0) is 0 Å². The quantitative estimate of drug-likeness (QED) is 0.332. The van der Waals surface area contributed by atoms with Crippen LogP contribution in [0.2, 0.25) is 0 Å². The van der Waals surface area contributed by atoms with E-state index < -0.39 is 0 Å². The molecular formula is C23H19BrN6O. The van der Waals surface area contributed by atoms with Crippen LogP contribution >= 0.6 is 15.9 Å². The van der Waals surface area contributed by atoms with Crippen molar-refractivity contribution in [3.63, 3.8) is 0 Å². The van der Waals surface area contributed by atoms with E-state index in [1.54, 1.807) is 24.4 Å². The summed E-state index contributed by atoms with van der Waals surface area (Å²) in [7, 11) is 0. The van der Waals surface area contributed by atoms with Gasteiger partial charge in [0.15, 0.2) is 0 Å². The van der Waals surface area contributed by atoms with E-state index >= 15 is 0 Å². The standard InChI is InChI=1S/C23H19BrN6O/c1-15-9-10-25-20(11-15)30-22-13-21(26-14-27-22)28-18-5-7-19(8-6-18)29-23(31)16-3-2-4-17(24)12-16/h2-14H,1H3,(H,29,31)(H2,25,26,27,28,30). The number of nitrogens with one attached hydrogen (secondary N) is 3. The Balaban J connectivity index is 1.40. The number of nitrogens with zero attached hydrogens (tertiary/aromatic N) is 3. The predicted molar refractivity (Wildman–Crippen MR) is 126 cm³/mol. The lowest BCUT2D eigenvalue weighted by atomic mass is 10.2. The lowest BCUT2D eigenvalue weighted by Crippen LogP contribution is -2.11. The van der Waals surface area contributed by atoms with Crippen LogP contribution in [-0.4, -0.2) is 20.9 Å². The van der Waals surface area contributed by atoms with Crippen LogP contribution in [0, 0.1) is 6.92 Å². The van der Waals surface area contributed by atoms with E-state index in [1.165, 1.54) is 6.33 Å². The number of amides is 1. The van der Waals surface area contributed by atoms with E-state index in [0.29, 0.717) is 22.9 Å². The molecule has 0 radical (unpaired) electrons. The number of aryl methyl sites for hydroxylation is 1. The molecule has 0 fully saturated rings. The van der Waals surface area contributed by atoms with Crippen LogP contribution in [0.3, 0.4) is 0 Å². The lowest BCUT2D eigenvalue weighted by molar-refractivity contribution is 0.102. The van der Waals surface area contributed by atoms with Gasteiger partial charge in [-0.15, -0.1) is 0 Å². The SMILES string of the molecule is Cc1ccnc(Nc2cc(Nc3ccc(NC(=O)c4cccc(Br)c4)cc3)ncn2)c1. The van der Waals surface area contributed by atoms with E-state index in [2.05, 4.69) is 46.8 Å². The summed E-state index contributed by atoms with van der Waals surface area (Å²) < 4.78 is 0.858. The second-order valence-corrected chi connectivity index (χ2v) is 7.71. The molecule has 8 heteroatoms. The molecule has 4 rings (SSSR count). The molecule has 0 saturated heterocycles. The van der Waals surface area contributed by atoms with Crippen molar-refractivity contribution in [2.45, 2.75) is 6.92 Å². The van der Waals surface area contributed by atoms with Gasteiger partial charge in [0.25, 0.3) is 5.91 Å². The molecule has 7 nitrogen and oxygen atoms in total. The number of carbonyl (C=O) groups is 1. The second-order valence-electron chi connectivity index (χ2n) is 6.80. The van der Waals surface area contributed by atoms with Gasteiger partial charge in [0.05, 0.1) is 0 Å². The molecule has 0 aliphatic heterocycles. The molecule has 0 bridgehead atoms. The van der Waals surface area contributed by atoms with Crippen molar-refractivity contribution >= 4 is 50.7 Å². The molecule has 4 aromatic rings. The number of rotatable bonds is 6. The Labute approximate surface area is 188 Å². The van der Waals surface area contributed by atoms with Gasteiger partial charge < -0.3 is 16.0 Å². The van der Waals surface area contributed by atoms with Gasteiger partial charge in [0.2, 0.25) is 0 Å². The fraction of sp³-hybridized carbons (Fsp3) is 0.0435. The molecule has 3 N–H and O–H groups in total. The topological polar surface area (TPSA) is 91.8 Å². The smallest absolute Gasteiger partial charge is 0.255 e. The number of aromatic nitrogens is 3. The Kier molecular flexibility index (Phi) is 6.18. The summed E-state index contributed by atoms with van der Waals surface area (Å²) in [5, 5.41) is 9.29. The summed E-state index contributed by atoms with van der Waals surface area (Å²) in [6, 6.07) is 20.3. The number of pyridine rings is 1. The minimum Gasteiger partial charge on any atom is -0.340 e. The fourth-order valence-electron chi connectivity index (χ4n) is 2.85. The highest BCUT2D eigenvalue weighted by Gasteiger charge is 2.07. The maximum absolute atomic E-state index is 12.4. The molecule has 0 atom stereocenters. The van der Waals surface area contributed by atoms with Crippen molar-refractivity contribution in [1.82, 2.24) is 15.0 Å². The largest absolute Gasteiger partial charge is 0.340 e. The van der Waals surface area contributed by atoms with Gasteiger partial charge in [-0.1, -0.05) is 22.0 Å². The molecule has 2 aromatic carbocycles. The van der Waals surface area contributed by atoms with Crippen LogP contribution in [0.5, 0.6) is 0 Å². The number of anilines is 5. The van der Waals surface area contributed by atoms with Crippen LogP contribution in [0.25, 0.3) is 0 Å². The van der Waals surface area contributed by atoms with Gasteiger partial charge in [0, 0.05) is 33.7 Å². The molecule has 0 spiro atoms. The molecule has 0 unspecified atom stereocenters. The molecule has 1 amide bonds. The Bertz CT molecular complexity index is 1210. The molecule has 0 saturated carbocycles. The minimum absolute atomic E-state index is 0.168. The molecule has 2 heterocycles. The van der Waals surface area contributed by atoms with Gasteiger partial charge >= 0.3 is 0 Å². The summed E-state index contributed by atoms with van der Waals surface area (Å²) in [6.07, 6.45) is 3.22. The average molecular weight is 475 g/mol. The fourth-order valence-corrected chi connectivity index (χ4v) is 3.25. The lowest BCUT2D eigenvalue weighted by Gasteiger charge is -2.10. The van der Waals surface area contributed by atoms with E-state index in [9.17, 15) is 4.79 Å². The van der Waals surface area contributed by atoms with Crippen molar-refractivity contribution in [3.8, 4) is 0 Å². The van der Waals surface area contributed by atoms with Gasteiger partial charge in [0.1, 0.15) is 23.8 Å². The molecular weight excluding hydrogens is 456 g/mol. The van der Waals surface area contributed by atoms with Gasteiger partial charge in [-0.2, -0.15) is 0 Å². The molecule has 2 aromatic heterocycles. The highest BCUT2D eigenvalue weighted by Crippen LogP contribution is 2.21. The Morgan fingerprint density at radius 2 is 1.52 bits per heavy atom. The minimum atomic E-state index is -0.168. The molecule has 0 aliphatic rings. The number of carbonyl (C=O) groups excluding carboxylic acids is 1. The van der Waals surface area contributed by atoms with Crippen LogP contribution in [0.1, 0.15) is 15.9 Å². The molecule has 31 heavy (non-hydrogen) atoms. The van der Waals surface area contributed by atoms with E-state index in [0.717, 1.165) is 21.5 Å². The number of halogens is 1. The summed E-state index contributed by atoms with van der Waals surface area (Å²) in [4.78, 5) is 25.1. The Morgan fingerprint density at radius 1 is 0.806 bits per heavy atom. The van der Waals surface area contributed by atoms with Crippen LogP contribution in [0.15, 0.2) is 83.7 Å². The van der Waals surface area contributed by atoms with Gasteiger partial charge in [-0.3, -0.25) is 4.79 Å². The highest BCUT2D eigenvalue weighted by molar-refractivity contribution is 9.10. The van der Waals surface area contributed by atoms with Crippen molar-refractivity contribution in [2.75, 3.05) is 16.0 Å². The monoisotopic (exact) mass is 474 g/mol. The van der Waals surface area contributed by atoms with Crippen molar-refractivity contribution < 1.29 is 4.79 Å². The van der Waals surface area contributed by atoms with Crippen molar-refractivity contribution in [1.29, 1.82) is 0 Å². The third-order valence-corrected chi connectivity index (χ3v) is 4.83. The summed E-state index contributed by atoms with van der Waals surface area (Å²) in [5.74, 6) is 1.82. The first-order valence-electron chi connectivity index (χ1n) is 9.51. The molecule has 0 aliphatic carbocycles. The van der Waals surface area contributed by atoms with Crippen LogP contribution in [0.4, 0.5) is 28.8 Å². The zero-order valence-electron chi connectivity index (χ0n) is 16.6. The van der Waals surface area contributed by atoms with Crippen LogP contribution < -0.4 is 16.0 Å². The highest BCUT2D eigenvalue weighted by atomic mass is 79.9. The van der Waals surface area contributed by atoms with Gasteiger partial charge in [-0.25, -0.2) is 15.0 Å². The second kappa shape index (κ2) is 9.36. The van der Waals surface area contributed by atoms with E-state index in [1.807, 2.05) is 55.5 Å². The Morgan fingerprint density at radius 3 is 2.26 bits per heavy atom. The maximum atomic E-state index is 12.4. The normalized spacial score (nSPS) is 10.4.